The predicted octanol–water partition coefficient (Wildman–Crippen LogP) is 2.57. The number of nitrogens with one attached hydrogen (secondary N) is 1. The van der Waals surface area contributed by atoms with Crippen molar-refractivity contribution in [3.8, 4) is 11.6 Å². The van der Waals surface area contributed by atoms with Crippen molar-refractivity contribution in [3.63, 3.8) is 0 Å². The van der Waals surface area contributed by atoms with Gasteiger partial charge in [0, 0.05) is 0 Å². The zero-order valence-electron chi connectivity index (χ0n) is 12.4. The molecule has 0 bridgehead atoms. The van der Waals surface area contributed by atoms with Crippen molar-refractivity contribution in [1.82, 2.24) is 14.8 Å². The zero-order valence-corrected chi connectivity index (χ0v) is 12.4. The Morgan fingerprint density at radius 2 is 2.04 bits per heavy atom. The molecule has 0 spiro atoms. The molecular formula is C17H16N4O2. The number of nitrogens with two attached hydrogens (primary N) is 1. The summed E-state index contributed by atoms with van der Waals surface area (Å²) in [5.41, 5.74) is 8.54. The summed E-state index contributed by atoms with van der Waals surface area (Å²) in [6.45, 7) is 0. The standard InChI is InChI=1S/C17H16N4O2/c18-15-13-14(20-21(15)11-8-2-1-3-9-11)12(10-6-4-5-7-10)16(22)19-17(13)23/h1-3,6,8-9,22H,4-5,7,18H2,(H,19,23). The molecule has 116 valence electrons. The van der Waals surface area contributed by atoms with Crippen molar-refractivity contribution in [1.29, 1.82) is 0 Å². The average Bonchev–Trinajstić information content (AvgIpc) is 3.17. The van der Waals surface area contributed by atoms with Crippen molar-refractivity contribution in [2.45, 2.75) is 19.3 Å². The molecule has 1 aliphatic carbocycles. The summed E-state index contributed by atoms with van der Waals surface area (Å²) in [4.78, 5) is 14.8. The van der Waals surface area contributed by atoms with Gasteiger partial charge in [-0.15, -0.1) is 0 Å². The van der Waals surface area contributed by atoms with Gasteiger partial charge in [0.15, 0.2) is 0 Å². The number of aromatic nitrogens is 3. The normalized spacial score (nSPS) is 14.3. The Hall–Kier alpha value is -3.02. The molecule has 6 heteroatoms. The number of aromatic amines is 1. The molecule has 0 saturated heterocycles. The Kier molecular flexibility index (Phi) is 2.97. The van der Waals surface area contributed by atoms with Crippen LogP contribution in [0.3, 0.4) is 0 Å². The number of pyridine rings is 1. The summed E-state index contributed by atoms with van der Waals surface area (Å²) < 4.78 is 1.54. The number of allylic oxidation sites excluding steroid dienone is 2. The van der Waals surface area contributed by atoms with Crippen LogP contribution >= 0.6 is 0 Å². The second-order valence-electron chi connectivity index (χ2n) is 5.66. The first kappa shape index (κ1) is 13.6. The first-order valence-corrected chi connectivity index (χ1v) is 7.55. The van der Waals surface area contributed by atoms with Crippen LogP contribution in [0.4, 0.5) is 5.82 Å². The minimum atomic E-state index is -0.431. The van der Waals surface area contributed by atoms with E-state index in [4.69, 9.17) is 5.73 Å². The number of nitrogen functional groups attached to an aromatic ring is 1. The van der Waals surface area contributed by atoms with Crippen molar-refractivity contribution in [2.24, 2.45) is 0 Å². The van der Waals surface area contributed by atoms with Gasteiger partial charge in [-0.1, -0.05) is 24.3 Å². The summed E-state index contributed by atoms with van der Waals surface area (Å²) in [5.74, 6) is 0.126. The fourth-order valence-corrected chi connectivity index (χ4v) is 3.14. The third-order valence-electron chi connectivity index (χ3n) is 4.22. The number of rotatable bonds is 2. The molecule has 0 aliphatic heterocycles. The maximum Gasteiger partial charge on any atom is 0.264 e. The van der Waals surface area contributed by atoms with Gasteiger partial charge in [-0.25, -0.2) is 4.68 Å². The number of hydrogen-bond donors (Lipinski definition) is 3. The number of hydrogen-bond acceptors (Lipinski definition) is 4. The van der Waals surface area contributed by atoms with E-state index in [0.717, 1.165) is 30.5 Å². The molecule has 0 fully saturated rings. The molecule has 0 saturated carbocycles. The van der Waals surface area contributed by atoms with E-state index < -0.39 is 5.56 Å². The average molecular weight is 308 g/mol. The van der Waals surface area contributed by atoms with Crippen LogP contribution in [0, 0.1) is 0 Å². The second-order valence-corrected chi connectivity index (χ2v) is 5.66. The lowest BCUT2D eigenvalue weighted by atomic mass is 10.0. The maximum absolute atomic E-state index is 12.3. The molecule has 0 unspecified atom stereocenters. The van der Waals surface area contributed by atoms with Crippen LogP contribution in [-0.2, 0) is 0 Å². The quantitative estimate of drug-likeness (QED) is 0.678. The Balaban J connectivity index is 2.07. The molecule has 1 aromatic carbocycles. The van der Waals surface area contributed by atoms with Crippen LogP contribution in [0.15, 0.2) is 41.2 Å². The molecule has 2 heterocycles. The Labute approximate surface area is 131 Å². The van der Waals surface area contributed by atoms with Gasteiger partial charge in [0.1, 0.15) is 16.7 Å². The van der Waals surface area contributed by atoms with Crippen LogP contribution in [-0.4, -0.2) is 19.9 Å². The third-order valence-corrected chi connectivity index (χ3v) is 4.22. The molecule has 4 N–H and O–H groups in total. The molecule has 1 aliphatic rings. The lowest BCUT2D eigenvalue weighted by Gasteiger charge is -2.05. The summed E-state index contributed by atoms with van der Waals surface area (Å²) in [5, 5.41) is 15.1. The first-order valence-electron chi connectivity index (χ1n) is 7.55. The van der Waals surface area contributed by atoms with Gasteiger partial charge >= 0.3 is 0 Å². The van der Waals surface area contributed by atoms with Crippen LogP contribution in [0.2, 0.25) is 0 Å². The molecule has 0 atom stereocenters. The number of fused-ring (bicyclic) bond motifs is 1. The molecule has 6 nitrogen and oxygen atoms in total. The van der Waals surface area contributed by atoms with E-state index >= 15 is 0 Å². The minimum Gasteiger partial charge on any atom is -0.494 e. The summed E-state index contributed by atoms with van der Waals surface area (Å²) >= 11 is 0. The highest BCUT2D eigenvalue weighted by Gasteiger charge is 2.23. The van der Waals surface area contributed by atoms with Gasteiger partial charge in [0.05, 0.1) is 11.3 Å². The molecule has 0 radical (unpaired) electrons. The zero-order chi connectivity index (χ0) is 16.0. The van der Waals surface area contributed by atoms with Crippen molar-refractivity contribution >= 4 is 22.3 Å². The van der Waals surface area contributed by atoms with E-state index in [1.165, 1.54) is 0 Å². The smallest absolute Gasteiger partial charge is 0.264 e. The van der Waals surface area contributed by atoms with Crippen LogP contribution < -0.4 is 11.3 Å². The van der Waals surface area contributed by atoms with Crippen molar-refractivity contribution in [3.05, 3.63) is 52.3 Å². The van der Waals surface area contributed by atoms with Crippen LogP contribution in [0.25, 0.3) is 22.2 Å². The van der Waals surface area contributed by atoms with E-state index in [2.05, 4.69) is 16.2 Å². The molecular weight excluding hydrogens is 292 g/mol. The lowest BCUT2D eigenvalue weighted by Crippen LogP contribution is -2.09. The Bertz CT molecular complexity index is 983. The predicted molar refractivity (Wildman–Crippen MR) is 89.6 cm³/mol. The molecule has 0 amide bonds. The summed E-state index contributed by atoms with van der Waals surface area (Å²) in [6, 6.07) is 9.39. The fraction of sp³-hybridized carbons (Fsp3) is 0.176. The lowest BCUT2D eigenvalue weighted by molar-refractivity contribution is 0.451. The van der Waals surface area contributed by atoms with Gasteiger partial charge in [-0.3, -0.25) is 9.78 Å². The van der Waals surface area contributed by atoms with E-state index in [1.54, 1.807) is 4.68 Å². The van der Waals surface area contributed by atoms with Crippen LogP contribution in [0.5, 0.6) is 5.88 Å². The fourth-order valence-electron chi connectivity index (χ4n) is 3.14. The van der Waals surface area contributed by atoms with Gasteiger partial charge in [0.2, 0.25) is 5.88 Å². The SMILES string of the molecule is Nc1c2c(=O)[nH]c(O)c(C3=CCCC3)c2nn1-c1ccccc1. The van der Waals surface area contributed by atoms with Gasteiger partial charge in [0.25, 0.3) is 5.56 Å². The van der Waals surface area contributed by atoms with Crippen molar-refractivity contribution < 1.29 is 5.11 Å². The summed E-state index contributed by atoms with van der Waals surface area (Å²) in [6.07, 6.45) is 4.92. The monoisotopic (exact) mass is 308 g/mol. The molecule has 2 aromatic heterocycles. The second kappa shape index (κ2) is 5.01. The number of H-pyrrole nitrogens is 1. The Morgan fingerprint density at radius 1 is 1.26 bits per heavy atom. The first-order chi connectivity index (χ1) is 11.2. The third kappa shape index (κ3) is 2.03. The van der Waals surface area contributed by atoms with Gasteiger partial charge < -0.3 is 10.8 Å². The molecule has 3 aromatic rings. The van der Waals surface area contributed by atoms with Gasteiger partial charge in [-0.2, -0.15) is 5.10 Å². The number of nitrogens with zero attached hydrogens (tertiary/aromatic N) is 2. The van der Waals surface area contributed by atoms with Crippen LogP contribution in [0.1, 0.15) is 24.8 Å². The van der Waals surface area contributed by atoms with E-state index in [0.29, 0.717) is 16.5 Å². The number of aromatic hydroxyl groups is 1. The highest BCUT2D eigenvalue weighted by atomic mass is 16.3. The maximum atomic E-state index is 12.3. The topological polar surface area (TPSA) is 96.9 Å². The number of para-hydroxylation sites is 1. The number of benzene rings is 1. The van der Waals surface area contributed by atoms with E-state index in [-0.39, 0.29) is 11.7 Å². The minimum absolute atomic E-state index is 0.145. The molecule has 4 rings (SSSR count). The highest BCUT2D eigenvalue weighted by Crippen LogP contribution is 2.37. The molecule has 23 heavy (non-hydrogen) atoms. The highest BCUT2D eigenvalue weighted by molar-refractivity contribution is 5.98. The van der Waals surface area contributed by atoms with Gasteiger partial charge in [-0.05, 0) is 37.0 Å². The largest absolute Gasteiger partial charge is 0.494 e. The number of anilines is 1. The van der Waals surface area contributed by atoms with E-state index in [9.17, 15) is 9.90 Å². The summed E-state index contributed by atoms with van der Waals surface area (Å²) in [7, 11) is 0. The Morgan fingerprint density at radius 3 is 2.74 bits per heavy atom. The van der Waals surface area contributed by atoms with E-state index in [1.807, 2.05) is 30.3 Å². The van der Waals surface area contributed by atoms with Crippen molar-refractivity contribution in [2.75, 3.05) is 5.73 Å².